The van der Waals surface area contributed by atoms with Crippen LogP contribution in [0.3, 0.4) is 0 Å². The summed E-state index contributed by atoms with van der Waals surface area (Å²) < 4.78 is 5.31. The number of nitrogens with zero attached hydrogens (tertiary/aromatic N) is 3. The minimum Gasteiger partial charge on any atom is -0.497 e. The highest BCUT2D eigenvalue weighted by Gasteiger charge is 2.08. The van der Waals surface area contributed by atoms with Crippen LogP contribution in [0.5, 0.6) is 5.75 Å². The summed E-state index contributed by atoms with van der Waals surface area (Å²) in [5.74, 6) is 2.02. The lowest BCUT2D eigenvalue weighted by molar-refractivity contribution is 0.415. The van der Waals surface area contributed by atoms with Crippen LogP contribution in [0.25, 0.3) is 11.3 Å². The predicted molar refractivity (Wildman–Crippen MR) is 115 cm³/mol. The van der Waals surface area contributed by atoms with Crippen molar-refractivity contribution >= 4 is 17.5 Å². The molecule has 6 heteroatoms. The van der Waals surface area contributed by atoms with Crippen LogP contribution >= 0.6 is 0 Å². The van der Waals surface area contributed by atoms with Gasteiger partial charge in [-0.1, -0.05) is 42.5 Å². The molecule has 0 aliphatic heterocycles. The number of hydrogen-bond donors (Lipinski definition) is 2. The molecule has 0 unspecified atom stereocenters. The Morgan fingerprint density at radius 3 is 2.59 bits per heavy atom. The Morgan fingerprint density at radius 2 is 1.79 bits per heavy atom. The Morgan fingerprint density at radius 1 is 0.897 bits per heavy atom. The number of anilines is 3. The normalized spacial score (nSPS) is 10.4. The van der Waals surface area contributed by atoms with E-state index in [0.717, 1.165) is 28.3 Å². The second-order valence-corrected chi connectivity index (χ2v) is 6.40. The fraction of sp³-hybridized carbons (Fsp3) is 0.0870. The van der Waals surface area contributed by atoms with E-state index in [4.69, 9.17) is 4.74 Å². The molecule has 4 rings (SSSR count). The van der Waals surface area contributed by atoms with Gasteiger partial charge in [0, 0.05) is 42.3 Å². The standard InChI is InChI=1S/C23H21N5O/c1-29-20-11-5-10-19(13-20)26-22-14-21(18-8-3-2-4-9-18)27-23(28-22)25-16-17-7-6-12-24-15-17/h2-15H,16H2,1H3,(H2,25,26,27,28). The highest BCUT2D eigenvalue weighted by molar-refractivity contribution is 5.67. The molecular weight excluding hydrogens is 362 g/mol. The summed E-state index contributed by atoms with van der Waals surface area (Å²) in [4.78, 5) is 13.5. The van der Waals surface area contributed by atoms with Crippen LogP contribution in [0, 0.1) is 0 Å². The molecule has 0 bridgehead atoms. The van der Waals surface area contributed by atoms with E-state index in [1.165, 1.54) is 0 Å². The van der Waals surface area contributed by atoms with Crippen molar-refractivity contribution < 1.29 is 4.74 Å². The Labute approximate surface area is 169 Å². The van der Waals surface area contributed by atoms with Gasteiger partial charge in [0.2, 0.25) is 5.95 Å². The molecule has 0 saturated carbocycles. The summed E-state index contributed by atoms with van der Waals surface area (Å²) >= 11 is 0. The van der Waals surface area contributed by atoms with Crippen molar-refractivity contribution in [2.75, 3.05) is 17.7 Å². The van der Waals surface area contributed by atoms with E-state index in [1.54, 1.807) is 13.3 Å². The molecule has 0 spiro atoms. The van der Waals surface area contributed by atoms with Gasteiger partial charge in [0.05, 0.1) is 12.8 Å². The molecule has 0 amide bonds. The third-order valence-electron chi connectivity index (χ3n) is 4.31. The number of benzene rings is 2. The van der Waals surface area contributed by atoms with Crippen molar-refractivity contribution in [2.45, 2.75) is 6.54 Å². The van der Waals surface area contributed by atoms with Crippen LogP contribution < -0.4 is 15.4 Å². The lowest BCUT2D eigenvalue weighted by Crippen LogP contribution is -2.06. The van der Waals surface area contributed by atoms with Gasteiger partial charge in [-0.2, -0.15) is 4.98 Å². The molecule has 29 heavy (non-hydrogen) atoms. The van der Waals surface area contributed by atoms with Crippen molar-refractivity contribution in [3.05, 3.63) is 90.8 Å². The smallest absolute Gasteiger partial charge is 0.225 e. The van der Waals surface area contributed by atoms with Gasteiger partial charge >= 0.3 is 0 Å². The second kappa shape index (κ2) is 8.84. The fourth-order valence-corrected chi connectivity index (χ4v) is 2.88. The maximum absolute atomic E-state index is 5.31. The molecule has 4 aromatic rings. The molecule has 2 heterocycles. The minimum absolute atomic E-state index is 0.542. The van der Waals surface area contributed by atoms with E-state index >= 15 is 0 Å². The number of ether oxygens (including phenoxy) is 1. The summed E-state index contributed by atoms with van der Waals surface area (Å²) in [6.45, 7) is 0.588. The van der Waals surface area contributed by atoms with Crippen molar-refractivity contribution in [1.82, 2.24) is 15.0 Å². The lowest BCUT2D eigenvalue weighted by atomic mass is 10.1. The number of hydrogen-bond acceptors (Lipinski definition) is 6. The molecule has 0 radical (unpaired) electrons. The van der Waals surface area contributed by atoms with Crippen LogP contribution in [0.2, 0.25) is 0 Å². The Hall–Kier alpha value is -3.93. The van der Waals surface area contributed by atoms with Crippen LogP contribution in [0.1, 0.15) is 5.56 Å². The molecule has 2 aromatic heterocycles. The zero-order valence-electron chi connectivity index (χ0n) is 16.0. The van der Waals surface area contributed by atoms with E-state index in [9.17, 15) is 0 Å². The molecule has 2 aromatic carbocycles. The maximum Gasteiger partial charge on any atom is 0.225 e. The van der Waals surface area contributed by atoms with E-state index in [2.05, 4.69) is 25.6 Å². The fourth-order valence-electron chi connectivity index (χ4n) is 2.88. The first kappa shape index (κ1) is 18.4. The average molecular weight is 383 g/mol. The molecule has 0 aliphatic rings. The van der Waals surface area contributed by atoms with Gasteiger partial charge in [0.25, 0.3) is 0 Å². The first-order valence-electron chi connectivity index (χ1n) is 9.28. The Bertz CT molecular complexity index is 1070. The topological polar surface area (TPSA) is 72.0 Å². The highest BCUT2D eigenvalue weighted by Crippen LogP contribution is 2.25. The zero-order valence-corrected chi connectivity index (χ0v) is 16.0. The number of methoxy groups -OCH3 is 1. The third-order valence-corrected chi connectivity index (χ3v) is 4.31. The molecule has 6 nitrogen and oxygen atoms in total. The van der Waals surface area contributed by atoms with Gasteiger partial charge in [-0.3, -0.25) is 4.98 Å². The molecule has 2 N–H and O–H groups in total. The quantitative estimate of drug-likeness (QED) is 0.473. The summed E-state index contributed by atoms with van der Waals surface area (Å²) in [5.41, 5.74) is 3.80. The molecule has 0 saturated heterocycles. The Kier molecular flexibility index (Phi) is 5.62. The van der Waals surface area contributed by atoms with E-state index in [1.807, 2.05) is 79.0 Å². The van der Waals surface area contributed by atoms with Crippen molar-refractivity contribution in [3.63, 3.8) is 0 Å². The summed E-state index contributed by atoms with van der Waals surface area (Å²) in [5, 5.41) is 6.64. The number of nitrogens with one attached hydrogen (secondary N) is 2. The Balaban J connectivity index is 1.64. The number of rotatable bonds is 7. The largest absolute Gasteiger partial charge is 0.497 e. The van der Waals surface area contributed by atoms with Crippen LogP contribution in [0.4, 0.5) is 17.5 Å². The summed E-state index contributed by atoms with van der Waals surface area (Å²) in [7, 11) is 1.65. The van der Waals surface area contributed by atoms with E-state index in [0.29, 0.717) is 18.3 Å². The van der Waals surface area contributed by atoms with E-state index in [-0.39, 0.29) is 0 Å². The minimum atomic E-state index is 0.542. The SMILES string of the molecule is COc1cccc(Nc2cc(-c3ccccc3)nc(NCc3cccnc3)n2)c1. The first-order chi connectivity index (χ1) is 14.3. The van der Waals surface area contributed by atoms with Gasteiger partial charge in [-0.25, -0.2) is 4.98 Å². The maximum atomic E-state index is 5.31. The third kappa shape index (κ3) is 4.87. The van der Waals surface area contributed by atoms with Crippen molar-refractivity contribution in [3.8, 4) is 17.0 Å². The van der Waals surface area contributed by atoms with Crippen LogP contribution in [-0.4, -0.2) is 22.1 Å². The number of pyridine rings is 1. The van der Waals surface area contributed by atoms with Crippen molar-refractivity contribution in [2.24, 2.45) is 0 Å². The molecule has 144 valence electrons. The van der Waals surface area contributed by atoms with Gasteiger partial charge in [-0.15, -0.1) is 0 Å². The summed E-state index contributed by atoms with van der Waals surface area (Å²) in [6, 6.07) is 23.6. The number of aromatic nitrogens is 3. The summed E-state index contributed by atoms with van der Waals surface area (Å²) in [6.07, 6.45) is 3.58. The van der Waals surface area contributed by atoms with Gasteiger partial charge in [-0.05, 0) is 23.8 Å². The zero-order chi connectivity index (χ0) is 19.9. The molecule has 0 atom stereocenters. The molecule has 0 fully saturated rings. The first-order valence-corrected chi connectivity index (χ1v) is 9.28. The monoisotopic (exact) mass is 383 g/mol. The highest BCUT2D eigenvalue weighted by atomic mass is 16.5. The van der Waals surface area contributed by atoms with Gasteiger partial charge in [0.15, 0.2) is 0 Å². The van der Waals surface area contributed by atoms with Gasteiger partial charge < -0.3 is 15.4 Å². The molecule has 0 aliphatic carbocycles. The second-order valence-electron chi connectivity index (χ2n) is 6.40. The lowest BCUT2D eigenvalue weighted by Gasteiger charge is -2.12. The van der Waals surface area contributed by atoms with Crippen LogP contribution in [0.15, 0.2) is 85.2 Å². The van der Waals surface area contributed by atoms with Crippen molar-refractivity contribution in [1.29, 1.82) is 0 Å². The van der Waals surface area contributed by atoms with Crippen LogP contribution in [-0.2, 0) is 6.54 Å². The average Bonchev–Trinajstić information content (AvgIpc) is 2.79. The predicted octanol–water partition coefficient (Wildman–Crippen LogP) is 4.90. The van der Waals surface area contributed by atoms with Gasteiger partial charge in [0.1, 0.15) is 11.6 Å². The molecular formula is C23H21N5O. The van der Waals surface area contributed by atoms with E-state index < -0.39 is 0 Å².